The molecule has 0 spiro atoms. The molecular formula is C9H22OSn. The van der Waals surface area contributed by atoms with Crippen molar-refractivity contribution in [3.05, 3.63) is 0 Å². The van der Waals surface area contributed by atoms with Gasteiger partial charge in [-0.3, -0.25) is 0 Å². The van der Waals surface area contributed by atoms with Gasteiger partial charge >= 0.3 is 69.5 Å². The molecule has 0 aromatic rings. The Morgan fingerprint density at radius 3 is 1.55 bits per heavy atom. The fraction of sp³-hybridized carbons (Fsp3) is 1.00. The van der Waals surface area contributed by atoms with Crippen LogP contribution in [0.3, 0.4) is 0 Å². The van der Waals surface area contributed by atoms with E-state index >= 15 is 0 Å². The topological polar surface area (TPSA) is 20.2 Å². The summed E-state index contributed by atoms with van der Waals surface area (Å²) in [6.45, 7) is 4.58. The molecule has 1 N–H and O–H groups in total. The Kier molecular flexibility index (Phi) is 22.1. The molecule has 1 nitrogen and oxygen atoms in total. The average molecular weight is 265 g/mol. The molecule has 2 heteroatoms. The van der Waals surface area contributed by atoms with Crippen LogP contribution in [0.5, 0.6) is 0 Å². The molecule has 0 amide bonds. The van der Waals surface area contributed by atoms with Crippen LogP contribution in [0.15, 0.2) is 0 Å². The smallest absolute Gasteiger partial charge is 0.0319 e. The van der Waals surface area contributed by atoms with E-state index in [0.717, 1.165) is 7.11 Å². The van der Waals surface area contributed by atoms with E-state index < -0.39 is 0 Å². The number of unbranched alkanes of at least 4 members (excludes halogenated alkanes) is 2. The zero-order valence-corrected chi connectivity index (χ0v) is 11.0. The minimum atomic E-state index is 0.149. The van der Waals surface area contributed by atoms with Crippen molar-refractivity contribution >= 4 is 21.1 Å². The van der Waals surface area contributed by atoms with Gasteiger partial charge in [0.2, 0.25) is 0 Å². The standard InChI is InChI=1S/2C4H9.CH4O.Sn/c2*1-3-4-2;1-2;/h2*1,3-4H2,2H3;2H,1H3;. The average Bonchev–Trinajstić information content (AvgIpc) is 2.08. The molecule has 0 aromatic heterocycles. The van der Waals surface area contributed by atoms with Crippen molar-refractivity contribution in [3.8, 4) is 0 Å². The van der Waals surface area contributed by atoms with Crippen molar-refractivity contribution in [3.63, 3.8) is 0 Å². The van der Waals surface area contributed by atoms with E-state index in [4.69, 9.17) is 5.11 Å². The van der Waals surface area contributed by atoms with Crippen LogP contribution in [0.25, 0.3) is 0 Å². The van der Waals surface area contributed by atoms with E-state index in [-0.39, 0.29) is 21.1 Å². The van der Waals surface area contributed by atoms with Crippen LogP contribution in [0.1, 0.15) is 39.5 Å². The minimum absolute atomic E-state index is 0.149. The molecule has 0 atom stereocenters. The van der Waals surface area contributed by atoms with Crippen molar-refractivity contribution < 1.29 is 5.11 Å². The third-order valence-corrected chi connectivity index (χ3v) is 5.45. The molecule has 0 unspecified atom stereocenters. The van der Waals surface area contributed by atoms with Gasteiger partial charge < -0.3 is 5.11 Å². The molecule has 0 heterocycles. The van der Waals surface area contributed by atoms with Crippen LogP contribution < -0.4 is 0 Å². The maximum atomic E-state index is 7.00. The third kappa shape index (κ3) is 18.1. The number of aliphatic hydroxyl groups is 1. The van der Waals surface area contributed by atoms with Crippen LogP contribution in [0, 0.1) is 0 Å². The van der Waals surface area contributed by atoms with E-state index in [1.54, 1.807) is 8.87 Å². The molecule has 0 bridgehead atoms. The Bertz CT molecular complexity index is 42.8. The van der Waals surface area contributed by atoms with Gasteiger partial charge in [0.15, 0.2) is 0 Å². The van der Waals surface area contributed by atoms with Gasteiger partial charge in [0.05, 0.1) is 0 Å². The van der Waals surface area contributed by atoms with Crippen LogP contribution in [-0.4, -0.2) is 33.4 Å². The maximum Gasteiger partial charge on any atom is 0.0319 e. The summed E-state index contributed by atoms with van der Waals surface area (Å²) in [6, 6.07) is 0. The number of hydrogen-bond acceptors (Lipinski definition) is 1. The van der Waals surface area contributed by atoms with Gasteiger partial charge in [0, 0.05) is 7.11 Å². The predicted octanol–water partition coefficient (Wildman–Crippen LogP) is 2.74. The first-order chi connectivity index (χ1) is 5.41. The van der Waals surface area contributed by atoms with Crippen LogP contribution in [0.2, 0.25) is 8.87 Å². The molecule has 0 aromatic carbocycles. The normalized spacial score (nSPS) is 8.73. The van der Waals surface area contributed by atoms with E-state index in [1.807, 2.05) is 0 Å². The second-order valence-corrected chi connectivity index (χ2v) is 6.74. The maximum absolute atomic E-state index is 7.00. The van der Waals surface area contributed by atoms with Crippen LogP contribution >= 0.6 is 0 Å². The Morgan fingerprint density at radius 1 is 0.909 bits per heavy atom. The predicted molar refractivity (Wildman–Crippen MR) is 53.3 cm³/mol. The molecule has 0 saturated carbocycles. The van der Waals surface area contributed by atoms with Crippen LogP contribution in [0.4, 0.5) is 0 Å². The summed E-state index contributed by atoms with van der Waals surface area (Å²) in [7, 11) is 1.00. The fourth-order valence-corrected chi connectivity index (χ4v) is 4.89. The molecule has 2 radical (unpaired) electrons. The molecule has 11 heavy (non-hydrogen) atoms. The fourth-order valence-electron chi connectivity index (χ4n) is 0.729. The van der Waals surface area contributed by atoms with E-state index in [0.29, 0.717) is 0 Å². The second kappa shape index (κ2) is 17.0. The van der Waals surface area contributed by atoms with Crippen LogP contribution in [-0.2, 0) is 0 Å². The largest absolute Gasteiger partial charge is 0.400 e. The van der Waals surface area contributed by atoms with Gasteiger partial charge in [-0.25, -0.2) is 0 Å². The molecule has 0 fully saturated rings. The van der Waals surface area contributed by atoms with Gasteiger partial charge in [0.25, 0.3) is 0 Å². The first-order valence-electron chi connectivity index (χ1n) is 4.57. The monoisotopic (exact) mass is 266 g/mol. The van der Waals surface area contributed by atoms with Gasteiger partial charge in [-0.2, -0.15) is 0 Å². The van der Waals surface area contributed by atoms with Crippen molar-refractivity contribution in [1.82, 2.24) is 0 Å². The minimum Gasteiger partial charge on any atom is -0.400 e. The Labute approximate surface area is 81.8 Å². The number of rotatable bonds is 6. The van der Waals surface area contributed by atoms with Crippen molar-refractivity contribution in [2.45, 2.75) is 48.4 Å². The first-order valence-corrected chi connectivity index (χ1v) is 8.60. The number of aliphatic hydroxyl groups excluding tert-OH is 1. The quantitative estimate of drug-likeness (QED) is 0.578. The summed E-state index contributed by atoms with van der Waals surface area (Å²) in [6.07, 6.45) is 5.84. The summed E-state index contributed by atoms with van der Waals surface area (Å²) in [5.74, 6) is 0. The summed E-state index contributed by atoms with van der Waals surface area (Å²) in [4.78, 5) is 0. The van der Waals surface area contributed by atoms with E-state index in [2.05, 4.69) is 13.8 Å². The van der Waals surface area contributed by atoms with E-state index in [9.17, 15) is 0 Å². The van der Waals surface area contributed by atoms with Crippen molar-refractivity contribution in [1.29, 1.82) is 0 Å². The van der Waals surface area contributed by atoms with E-state index in [1.165, 1.54) is 25.7 Å². The van der Waals surface area contributed by atoms with Gasteiger partial charge in [-0.05, 0) is 0 Å². The molecule has 0 aliphatic heterocycles. The molecule has 0 aliphatic rings. The molecule has 0 aliphatic carbocycles. The molecular weight excluding hydrogens is 243 g/mol. The van der Waals surface area contributed by atoms with Gasteiger partial charge in [0.1, 0.15) is 0 Å². The van der Waals surface area contributed by atoms with Gasteiger partial charge in [-0.1, -0.05) is 0 Å². The zero-order valence-electron chi connectivity index (χ0n) is 8.19. The van der Waals surface area contributed by atoms with Crippen molar-refractivity contribution in [2.24, 2.45) is 0 Å². The SMILES string of the molecule is CCC[CH2][Sn][CH2]CCC.CO. The molecule has 0 rings (SSSR count). The third-order valence-electron chi connectivity index (χ3n) is 1.41. The summed E-state index contributed by atoms with van der Waals surface area (Å²) in [5.41, 5.74) is 0. The second-order valence-electron chi connectivity index (χ2n) is 2.46. The molecule has 68 valence electrons. The summed E-state index contributed by atoms with van der Waals surface area (Å²) in [5, 5.41) is 7.00. The van der Waals surface area contributed by atoms with Crippen molar-refractivity contribution in [2.75, 3.05) is 7.11 Å². The Balaban J connectivity index is 0. The zero-order chi connectivity index (χ0) is 8.95. The van der Waals surface area contributed by atoms with Gasteiger partial charge in [-0.15, -0.1) is 0 Å². The summed E-state index contributed by atoms with van der Waals surface area (Å²) < 4.78 is 3.25. The molecule has 0 saturated heterocycles. The first kappa shape index (κ1) is 14.3. The Hall–Kier alpha value is 0.759. The number of hydrogen-bond donors (Lipinski definition) is 1. The summed E-state index contributed by atoms with van der Waals surface area (Å²) >= 11 is 0.149. The Morgan fingerprint density at radius 2 is 1.27 bits per heavy atom.